The molecular weight excluding hydrogens is 270 g/mol. The van der Waals surface area contributed by atoms with E-state index in [-0.39, 0.29) is 11.8 Å². The largest absolute Gasteiger partial charge is 0.441 e. The van der Waals surface area contributed by atoms with Gasteiger partial charge in [0, 0.05) is 12.5 Å². The summed E-state index contributed by atoms with van der Waals surface area (Å²) >= 11 is 0. The molecule has 0 spiro atoms. The Balaban J connectivity index is 2.25. The number of sulfonamides is 1. The number of nitrogens with zero attached hydrogens (tertiary/aromatic N) is 2. The van der Waals surface area contributed by atoms with Crippen molar-refractivity contribution >= 4 is 10.0 Å². The summed E-state index contributed by atoms with van der Waals surface area (Å²) in [6.45, 7) is 3.53. The second kappa shape index (κ2) is 5.46. The average molecular weight is 289 g/mol. The highest BCUT2D eigenvalue weighted by atomic mass is 32.2. The van der Waals surface area contributed by atoms with E-state index in [9.17, 15) is 13.2 Å². The Labute approximate surface area is 112 Å². The zero-order valence-corrected chi connectivity index (χ0v) is 11.9. The van der Waals surface area contributed by atoms with Gasteiger partial charge in [0.05, 0.1) is 11.8 Å². The van der Waals surface area contributed by atoms with E-state index in [4.69, 9.17) is 0 Å². The van der Waals surface area contributed by atoms with Crippen molar-refractivity contribution < 1.29 is 12.9 Å². The fourth-order valence-corrected chi connectivity index (χ4v) is 4.06. The summed E-state index contributed by atoms with van der Waals surface area (Å²) < 4.78 is 32.5. The number of hydrogen-bond donors (Lipinski definition) is 1. The Hall–Kier alpha value is -1.15. The smallest absolute Gasteiger partial charge is 0.296 e. The Morgan fingerprint density at radius 1 is 1.47 bits per heavy atom. The standard InChI is InChI=1S/C11H19N3O4S/c1-8(2)13-19(16,17)7-9-5-3-4-6-10-12-18-11(15)14(9)10/h8-9,13H,3-7H2,1-2H3. The highest BCUT2D eigenvalue weighted by Gasteiger charge is 2.27. The van der Waals surface area contributed by atoms with Crippen molar-refractivity contribution in [1.82, 2.24) is 14.4 Å². The molecule has 1 aliphatic heterocycles. The lowest BCUT2D eigenvalue weighted by molar-refractivity contribution is 0.358. The zero-order chi connectivity index (χ0) is 14.0. The van der Waals surface area contributed by atoms with Gasteiger partial charge in [0.2, 0.25) is 10.0 Å². The van der Waals surface area contributed by atoms with E-state index in [1.807, 2.05) is 0 Å². The van der Waals surface area contributed by atoms with E-state index in [2.05, 4.69) is 14.4 Å². The van der Waals surface area contributed by atoms with E-state index in [1.165, 1.54) is 4.57 Å². The highest BCUT2D eigenvalue weighted by molar-refractivity contribution is 7.89. The van der Waals surface area contributed by atoms with Gasteiger partial charge in [-0.2, -0.15) is 0 Å². The van der Waals surface area contributed by atoms with Crippen LogP contribution in [-0.4, -0.2) is 29.9 Å². The Bertz CT molecular complexity index is 587. The molecule has 8 heteroatoms. The lowest BCUT2D eigenvalue weighted by Gasteiger charge is -2.17. The van der Waals surface area contributed by atoms with Crippen LogP contribution in [0, 0.1) is 0 Å². The molecule has 1 N–H and O–H groups in total. The van der Waals surface area contributed by atoms with Gasteiger partial charge < -0.3 is 0 Å². The zero-order valence-electron chi connectivity index (χ0n) is 11.1. The lowest BCUT2D eigenvalue weighted by atomic mass is 10.1. The molecule has 0 amide bonds. The molecule has 2 rings (SSSR count). The van der Waals surface area contributed by atoms with Crippen molar-refractivity contribution in [2.45, 2.75) is 51.6 Å². The van der Waals surface area contributed by atoms with Crippen LogP contribution in [0.5, 0.6) is 0 Å². The SMILES string of the molecule is CC(C)NS(=O)(=O)CC1CCCCc2noc(=O)n21. The quantitative estimate of drug-likeness (QED) is 0.867. The maximum absolute atomic E-state index is 12.0. The molecule has 1 aromatic rings. The summed E-state index contributed by atoms with van der Waals surface area (Å²) in [5.74, 6) is -0.131. The van der Waals surface area contributed by atoms with Crippen LogP contribution in [0.2, 0.25) is 0 Å². The fourth-order valence-electron chi connectivity index (χ4n) is 2.42. The van der Waals surface area contributed by atoms with Crippen molar-refractivity contribution in [3.8, 4) is 0 Å². The molecule has 1 aromatic heterocycles. The summed E-state index contributed by atoms with van der Waals surface area (Å²) in [6.07, 6.45) is 3.07. The van der Waals surface area contributed by atoms with Crippen molar-refractivity contribution in [3.63, 3.8) is 0 Å². The summed E-state index contributed by atoms with van der Waals surface area (Å²) in [5, 5.41) is 3.72. The lowest BCUT2D eigenvalue weighted by Crippen LogP contribution is -2.37. The van der Waals surface area contributed by atoms with Gasteiger partial charge in [-0.1, -0.05) is 11.6 Å². The minimum atomic E-state index is -3.41. The number of rotatable bonds is 4. The summed E-state index contributed by atoms with van der Waals surface area (Å²) in [6, 6.07) is -0.554. The van der Waals surface area contributed by atoms with Crippen LogP contribution < -0.4 is 10.5 Å². The molecule has 7 nitrogen and oxygen atoms in total. The van der Waals surface area contributed by atoms with Crippen LogP contribution in [0.1, 0.15) is 45.0 Å². The maximum atomic E-state index is 12.0. The summed E-state index contributed by atoms with van der Waals surface area (Å²) in [5.41, 5.74) is 0. The van der Waals surface area contributed by atoms with Gasteiger partial charge in [-0.15, -0.1) is 0 Å². The summed E-state index contributed by atoms with van der Waals surface area (Å²) in [4.78, 5) is 11.7. The van der Waals surface area contributed by atoms with Gasteiger partial charge in [0.25, 0.3) is 0 Å². The predicted octanol–water partition coefficient (Wildman–Crippen LogP) is 0.432. The van der Waals surface area contributed by atoms with Gasteiger partial charge >= 0.3 is 5.76 Å². The van der Waals surface area contributed by atoms with Crippen molar-refractivity contribution in [3.05, 3.63) is 16.4 Å². The first-order valence-corrected chi connectivity index (χ1v) is 8.11. The van der Waals surface area contributed by atoms with Crippen molar-refractivity contribution in [2.24, 2.45) is 0 Å². The van der Waals surface area contributed by atoms with Crippen LogP contribution >= 0.6 is 0 Å². The number of aryl methyl sites for hydroxylation is 1. The van der Waals surface area contributed by atoms with Crippen LogP contribution in [0.4, 0.5) is 0 Å². The van der Waals surface area contributed by atoms with E-state index < -0.39 is 21.8 Å². The third kappa shape index (κ3) is 3.44. The van der Waals surface area contributed by atoms with Gasteiger partial charge in [-0.25, -0.2) is 17.9 Å². The van der Waals surface area contributed by atoms with E-state index in [1.54, 1.807) is 13.8 Å². The molecule has 0 bridgehead atoms. The molecule has 19 heavy (non-hydrogen) atoms. The van der Waals surface area contributed by atoms with E-state index in [0.717, 1.165) is 12.8 Å². The Kier molecular flexibility index (Phi) is 4.10. The normalized spacial score (nSPS) is 20.3. The topological polar surface area (TPSA) is 94.2 Å². The first kappa shape index (κ1) is 14.3. The van der Waals surface area contributed by atoms with Gasteiger partial charge in [-0.05, 0) is 26.7 Å². The number of aromatic nitrogens is 2. The van der Waals surface area contributed by atoms with E-state index >= 15 is 0 Å². The van der Waals surface area contributed by atoms with Crippen LogP contribution in [0.15, 0.2) is 9.32 Å². The van der Waals surface area contributed by atoms with Gasteiger partial charge in [-0.3, -0.25) is 9.09 Å². The number of fused-ring (bicyclic) bond motifs is 1. The monoisotopic (exact) mass is 289 g/mol. The van der Waals surface area contributed by atoms with Crippen molar-refractivity contribution in [2.75, 3.05) is 5.75 Å². The molecule has 1 unspecified atom stereocenters. The minimum Gasteiger partial charge on any atom is -0.296 e. The van der Waals surface area contributed by atoms with Gasteiger partial charge in [0.15, 0.2) is 5.82 Å². The second-order valence-electron chi connectivity index (χ2n) is 5.19. The third-order valence-corrected chi connectivity index (χ3v) is 4.74. The molecule has 0 radical (unpaired) electrons. The molecule has 0 saturated heterocycles. The average Bonchev–Trinajstić information content (AvgIpc) is 2.51. The Morgan fingerprint density at radius 2 is 2.21 bits per heavy atom. The number of nitrogens with one attached hydrogen (secondary N) is 1. The molecular formula is C11H19N3O4S. The van der Waals surface area contributed by atoms with Crippen LogP contribution in [0.25, 0.3) is 0 Å². The van der Waals surface area contributed by atoms with Crippen molar-refractivity contribution in [1.29, 1.82) is 0 Å². The van der Waals surface area contributed by atoms with Gasteiger partial charge in [0.1, 0.15) is 0 Å². The first-order valence-electron chi connectivity index (χ1n) is 6.46. The van der Waals surface area contributed by atoms with Crippen LogP contribution in [-0.2, 0) is 16.4 Å². The second-order valence-corrected chi connectivity index (χ2v) is 6.99. The molecule has 0 fully saturated rings. The molecule has 1 aliphatic rings. The molecule has 2 heterocycles. The molecule has 1 atom stereocenters. The Morgan fingerprint density at radius 3 is 2.89 bits per heavy atom. The molecule has 0 aromatic carbocycles. The number of hydrogen-bond acceptors (Lipinski definition) is 5. The highest BCUT2D eigenvalue weighted by Crippen LogP contribution is 2.22. The van der Waals surface area contributed by atoms with Crippen LogP contribution in [0.3, 0.4) is 0 Å². The molecule has 108 valence electrons. The van der Waals surface area contributed by atoms with E-state index in [0.29, 0.717) is 18.7 Å². The fraction of sp³-hybridized carbons (Fsp3) is 0.818. The molecule has 0 saturated carbocycles. The third-order valence-electron chi connectivity index (χ3n) is 3.08. The summed E-state index contributed by atoms with van der Waals surface area (Å²) in [7, 11) is -3.41. The molecule has 0 aliphatic carbocycles. The minimum absolute atomic E-state index is 0.112. The first-order chi connectivity index (χ1) is 8.89. The maximum Gasteiger partial charge on any atom is 0.441 e. The predicted molar refractivity (Wildman–Crippen MR) is 69.4 cm³/mol.